The standard InChI is InChI=1S/C26H20ClNO4/c1-16-22(27)12-11-20-21(14-23(28-25(16)20)17-7-4-3-5-8-17)26(30)32-15-24(29)18-9-6-10-19(13-18)31-2/h3-14H,15H2,1-2H3. The van der Waals surface area contributed by atoms with Crippen molar-refractivity contribution in [3.8, 4) is 17.0 Å². The molecule has 0 spiro atoms. The van der Waals surface area contributed by atoms with E-state index in [2.05, 4.69) is 0 Å². The third kappa shape index (κ3) is 4.34. The third-order valence-corrected chi connectivity index (χ3v) is 5.59. The van der Waals surface area contributed by atoms with Gasteiger partial charge in [-0.2, -0.15) is 0 Å². The zero-order chi connectivity index (χ0) is 22.7. The van der Waals surface area contributed by atoms with Crippen LogP contribution in [-0.4, -0.2) is 30.5 Å². The molecule has 160 valence electrons. The van der Waals surface area contributed by atoms with Crippen molar-refractivity contribution in [2.45, 2.75) is 6.92 Å². The van der Waals surface area contributed by atoms with E-state index in [9.17, 15) is 9.59 Å². The van der Waals surface area contributed by atoms with Crippen LogP contribution < -0.4 is 4.74 Å². The van der Waals surface area contributed by atoms with Crippen molar-refractivity contribution in [1.29, 1.82) is 0 Å². The van der Waals surface area contributed by atoms with Gasteiger partial charge in [0.2, 0.25) is 0 Å². The van der Waals surface area contributed by atoms with Crippen LogP contribution in [0.15, 0.2) is 72.8 Å². The van der Waals surface area contributed by atoms with E-state index in [1.807, 2.05) is 37.3 Å². The first-order valence-corrected chi connectivity index (χ1v) is 10.4. The third-order valence-electron chi connectivity index (χ3n) is 5.18. The van der Waals surface area contributed by atoms with Crippen LogP contribution in [-0.2, 0) is 4.74 Å². The molecule has 0 N–H and O–H groups in total. The number of halogens is 1. The molecule has 0 saturated heterocycles. The summed E-state index contributed by atoms with van der Waals surface area (Å²) in [7, 11) is 1.52. The number of ether oxygens (including phenoxy) is 2. The van der Waals surface area contributed by atoms with Crippen molar-refractivity contribution >= 4 is 34.3 Å². The van der Waals surface area contributed by atoms with E-state index in [1.165, 1.54) is 7.11 Å². The van der Waals surface area contributed by atoms with E-state index in [-0.39, 0.29) is 12.4 Å². The summed E-state index contributed by atoms with van der Waals surface area (Å²) < 4.78 is 10.5. The number of methoxy groups -OCH3 is 1. The summed E-state index contributed by atoms with van der Waals surface area (Å²) in [5.74, 6) is -0.368. The van der Waals surface area contributed by atoms with Gasteiger partial charge in [-0.25, -0.2) is 9.78 Å². The molecule has 0 aliphatic heterocycles. The van der Waals surface area contributed by atoms with Crippen LogP contribution >= 0.6 is 11.6 Å². The smallest absolute Gasteiger partial charge is 0.339 e. The number of pyridine rings is 1. The Morgan fingerprint density at radius 3 is 2.50 bits per heavy atom. The molecule has 0 atom stereocenters. The van der Waals surface area contributed by atoms with E-state index in [0.717, 1.165) is 11.1 Å². The minimum absolute atomic E-state index is 0.321. The number of hydrogen-bond donors (Lipinski definition) is 0. The summed E-state index contributed by atoms with van der Waals surface area (Å²) in [5.41, 5.74) is 3.59. The Morgan fingerprint density at radius 2 is 1.75 bits per heavy atom. The molecule has 0 fully saturated rings. The van der Waals surface area contributed by atoms with Gasteiger partial charge in [0, 0.05) is 21.5 Å². The number of ketones is 1. The predicted molar refractivity (Wildman–Crippen MR) is 125 cm³/mol. The van der Waals surface area contributed by atoms with Crippen molar-refractivity contribution in [1.82, 2.24) is 4.98 Å². The van der Waals surface area contributed by atoms with Gasteiger partial charge in [0.15, 0.2) is 12.4 Å². The number of fused-ring (bicyclic) bond motifs is 1. The fourth-order valence-corrected chi connectivity index (χ4v) is 3.57. The summed E-state index contributed by atoms with van der Waals surface area (Å²) >= 11 is 6.30. The van der Waals surface area contributed by atoms with Gasteiger partial charge < -0.3 is 9.47 Å². The molecule has 0 aliphatic rings. The molecule has 4 aromatic rings. The molecule has 0 amide bonds. The normalized spacial score (nSPS) is 10.7. The van der Waals surface area contributed by atoms with Gasteiger partial charge in [-0.3, -0.25) is 4.79 Å². The highest BCUT2D eigenvalue weighted by Gasteiger charge is 2.19. The molecular formula is C26H20ClNO4. The molecule has 3 aromatic carbocycles. The first kappa shape index (κ1) is 21.5. The van der Waals surface area contributed by atoms with Crippen molar-refractivity contribution in [2.75, 3.05) is 13.7 Å². The zero-order valence-corrected chi connectivity index (χ0v) is 18.3. The Hall–Kier alpha value is -3.70. The second-order valence-corrected chi connectivity index (χ2v) is 7.63. The number of rotatable bonds is 6. The van der Waals surface area contributed by atoms with Crippen molar-refractivity contribution in [3.63, 3.8) is 0 Å². The average molecular weight is 446 g/mol. The highest BCUT2D eigenvalue weighted by molar-refractivity contribution is 6.32. The van der Waals surface area contributed by atoms with Crippen LogP contribution in [0.3, 0.4) is 0 Å². The first-order chi connectivity index (χ1) is 15.5. The van der Waals surface area contributed by atoms with Crippen molar-refractivity contribution in [2.24, 2.45) is 0 Å². The summed E-state index contributed by atoms with van der Waals surface area (Å²) in [6.45, 7) is 1.47. The maximum atomic E-state index is 13.0. The monoisotopic (exact) mass is 445 g/mol. The van der Waals surface area contributed by atoms with Gasteiger partial charge in [0.1, 0.15) is 5.75 Å². The van der Waals surface area contributed by atoms with Crippen LogP contribution in [0.1, 0.15) is 26.3 Å². The number of carbonyl (C=O) groups excluding carboxylic acids is 2. The van der Waals surface area contributed by atoms with Crippen LogP contribution in [0, 0.1) is 6.92 Å². The lowest BCUT2D eigenvalue weighted by molar-refractivity contribution is 0.0476. The molecule has 1 aromatic heterocycles. The van der Waals surface area contributed by atoms with Gasteiger partial charge in [-0.15, -0.1) is 0 Å². The Morgan fingerprint density at radius 1 is 0.969 bits per heavy atom. The van der Waals surface area contributed by atoms with Gasteiger partial charge in [0.05, 0.1) is 23.9 Å². The molecule has 5 nitrogen and oxygen atoms in total. The minimum atomic E-state index is -0.604. The van der Waals surface area contributed by atoms with E-state index in [1.54, 1.807) is 42.5 Å². The lowest BCUT2D eigenvalue weighted by Crippen LogP contribution is -2.15. The van der Waals surface area contributed by atoms with Gasteiger partial charge in [-0.1, -0.05) is 60.1 Å². The number of aryl methyl sites for hydroxylation is 1. The van der Waals surface area contributed by atoms with Crippen LogP contribution in [0.2, 0.25) is 5.02 Å². The number of carbonyl (C=O) groups is 2. The molecule has 0 unspecified atom stereocenters. The topological polar surface area (TPSA) is 65.5 Å². The van der Waals surface area contributed by atoms with Gasteiger partial charge >= 0.3 is 5.97 Å². The number of Topliss-reactive ketones (excluding diaryl/α,β-unsaturated/α-hetero) is 1. The second kappa shape index (κ2) is 9.20. The average Bonchev–Trinajstić information content (AvgIpc) is 2.84. The molecule has 4 rings (SSSR count). The minimum Gasteiger partial charge on any atom is -0.497 e. The number of hydrogen-bond acceptors (Lipinski definition) is 5. The fraction of sp³-hybridized carbons (Fsp3) is 0.115. The molecule has 0 aliphatic carbocycles. The summed E-state index contributed by atoms with van der Waals surface area (Å²) in [6.07, 6.45) is 0. The summed E-state index contributed by atoms with van der Waals surface area (Å²) in [6, 6.07) is 21.4. The van der Waals surface area contributed by atoms with E-state index in [4.69, 9.17) is 26.1 Å². The lowest BCUT2D eigenvalue weighted by Gasteiger charge is -2.12. The highest BCUT2D eigenvalue weighted by Crippen LogP contribution is 2.30. The lowest BCUT2D eigenvalue weighted by atomic mass is 10.0. The molecule has 0 saturated carbocycles. The Labute approximate surface area is 190 Å². The molecule has 1 heterocycles. The summed E-state index contributed by atoms with van der Waals surface area (Å²) in [4.78, 5) is 30.3. The maximum absolute atomic E-state index is 13.0. The van der Waals surface area contributed by atoms with Crippen LogP contribution in [0.25, 0.3) is 22.2 Å². The van der Waals surface area contributed by atoms with E-state index < -0.39 is 5.97 Å². The number of esters is 1. The molecule has 0 bridgehead atoms. The van der Waals surface area contributed by atoms with Gasteiger partial charge in [-0.05, 0) is 36.8 Å². The molecule has 0 radical (unpaired) electrons. The Bertz CT molecular complexity index is 1320. The molecule has 6 heteroatoms. The van der Waals surface area contributed by atoms with E-state index in [0.29, 0.717) is 38.5 Å². The van der Waals surface area contributed by atoms with Gasteiger partial charge in [0.25, 0.3) is 0 Å². The number of nitrogens with zero attached hydrogens (tertiary/aromatic N) is 1. The first-order valence-electron chi connectivity index (χ1n) is 9.97. The fourth-order valence-electron chi connectivity index (χ4n) is 3.42. The van der Waals surface area contributed by atoms with E-state index >= 15 is 0 Å². The van der Waals surface area contributed by atoms with Crippen molar-refractivity contribution < 1.29 is 19.1 Å². The number of aromatic nitrogens is 1. The van der Waals surface area contributed by atoms with Crippen LogP contribution in [0.4, 0.5) is 0 Å². The maximum Gasteiger partial charge on any atom is 0.339 e. The number of benzene rings is 3. The van der Waals surface area contributed by atoms with Crippen LogP contribution in [0.5, 0.6) is 5.75 Å². The summed E-state index contributed by atoms with van der Waals surface area (Å²) in [5, 5.41) is 1.17. The molecular weight excluding hydrogens is 426 g/mol. The van der Waals surface area contributed by atoms with Crippen molar-refractivity contribution in [3.05, 3.63) is 94.5 Å². The molecule has 32 heavy (non-hydrogen) atoms. The zero-order valence-electron chi connectivity index (χ0n) is 17.6. The SMILES string of the molecule is COc1cccc(C(=O)COC(=O)c2cc(-c3ccccc3)nc3c(C)c(Cl)ccc23)c1. The largest absolute Gasteiger partial charge is 0.497 e. The predicted octanol–water partition coefficient (Wildman–Crippen LogP) is 5.91. The second-order valence-electron chi connectivity index (χ2n) is 7.22. The highest BCUT2D eigenvalue weighted by atomic mass is 35.5. The quantitative estimate of drug-likeness (QED) is 0.272. The Balaban J connectivity index is 1.68. The Kier molecular flexibility index (Phi) is 6.19.